The molecule has 2 fully saturated rings. The number of amides is 1. The lowest BCUT2D eigenvalue weighted by Gasteiger charge is -2.27. The smallest absolute Gasteiger partial charge is 0.408 e. The SMILES string of the molecule is O=C(N[C@@]1(C(=O)O)CC[C@H]2[C@H](C(=O)O)[C@H]21)OCc1ccccc1. The molecule has 1 aromatic rings. The third kappa shape index (κ3) is 2.62. The largest absolute Gasteiger partial charge is 0.481 e. The van der Waals surface area contributed by atoms with E-state index in [1.807, 2.05) is 6.07 Å². The molecular weight excluding hydrogens is 302 g/mol. The van der Waals surface area contributed by atoms with Crippen LogP contribution in [0.4, 0.5) is 4.79 Å². The number of carbonyl (C=O) groups is 3. The summed E-state index contributed by atoms with van der Waals surface area (Å²) in [6.45, 7) is 0.0266. The van der Waals surface area contributed by atoms with Crippen molar-refractivity contribution in [3.05, 3.63) is 35.9 Å². The molecule has 23 heavy (non-hydrogen) atoms. The van der Waals surface area contributed by atoms with Crippen molar-refractivity contribution < 1.29 is 29.3 Å². The molecule has 0 saturated heterocycles. The van der Waals surface area contributed by atoms with E-state index in [2.05, 4.69) is 5.32 Å². The number of carbonyl (C=O) groups excluding carboxylic acids is 1. The summed E-state index contributed by atoms with van der Waals surface area (Å²) in [5.41, 5.74) is -0.757. The predicted molar refractivity (Wildman–Crippen MR) is 77.5 cm³/mol. The van der Waals surface area contributed by atoms with Crippen LogP contribution in [0.15, 0.2) is 30.3 Å². The third-order valence-corrected chi connectivity index (χ3v) is 4.81. The Hall–Kier alpha value is -2.57. The zero-order valence-corrected chi connectivity index (χ0v) is 12.3. The number of carboxylic acids is 2. The van der Waals surface area contributed by atoms with E-state index in [4.69, 9.17) is 9.84 Å². The second-order valence-electron chi connectivity index (χ2n) is 6.06. The lowest BCUT2D eigenvalue weighted by molar-refractivity contribution is -0.146. The van der Waals surface area contributed by atoms with Crippen molar-refractivity contribution in [3.8, 4) is 0 Å². The summed E-state index contributed by atoms with van der Waals surface area (Å²) in [4.78, 5) is 34.8. The molecule has 0 unspecified atom stereocenters. The van der Waals surface area contributed by atoms with Crippen LogP contribution in [-0.2, 0) is 20.9 Å². The van der Waals surface area contributed by atoms with Crippen LogP contribution in [0, 0.1) is 17.8 Å². The highest BCUT2D eigenvalue weighted by Crippen LogP contribution is 2.62. The molecule has 0 bridgehead atoms. The fraction of sp³-hybridized carbons (Fsp3) is 0.438. The number of fused-ring (bicyclic) bond motifs is 1. The Kier molecular flexibility index (Phi) is 3.71. The molecule has 7 heteroatoms. The van der Waals surface area contributed by atoms with Gasteiger partial charge in [0.05, 0.1) is 5.92 Å². The van der Waals surface area contributed by atoms with Crippen LogP contribution in [-0.4, -0.2) is 33.8 Å². The van der Waals surface area contributed by atoms with Gasteiger partial charge in [0.2, 0.25) is 0 Å². The molecule has 7 nitrogen and oxygen atoms in total. The van der Waals surface area contributed by atoms with Gasteiger partial charge in [-0.1, -0.05) is 30.3 Å². The van der Waals surface area contributed by atoms with Crippen LogP contribution in [0.1, 0.15) is 18.4 Å². The second-order valence-corrected chi connectivity index (χ2v) is 6.06. The van der Waals surface area contributed by atoms with Gasteiger partial charge in [-0.2, -0.15) is 0 Å². The number of hydrogen-bond donors (Lipinski definition) is 3. The summed E-state index contributed by atoms with van der Waals surface area (Å²) in [7, 11) is 0. The summed E-state index contributed by atoms with van der Waals surface area (Å²) in [5.74, 6) is -3.66. The highest BCUT2D eigenvalue weighted by molar-refractivity contribution is 5.89. The molecule has 122 valence electrons. The van der Waals surface area contributed by atoms with Gasteiger partial charge >= 0.3 is 18.0 Å². The first-order valence-electron chi connectivity index (χ1n) is 7.41. The molecule has 0 heterocycles. The molecular formula is C16H17NO6. The summed E-state index contributed by atoms with van der Waals surface area (Å²) in [6, 6.07) is 9.01. The van der Waals surface area contributed by atoms with Crippen LogP contribution < -0.4 is 5.32 Å². The predicted octanol–water partition coefficient (Wildman–Crippen LogP) is 1.48. The normalized spacial score (nSPS) is 31.0. The van der Waals surface area contributed by atoms with Gasteiger partial charge in [-0.3, -0.25) is 4.79 Å². The van der Waals surface area contributed by atoms with Gasteiger partial charge in [-0.15, -0.1) is 0 Å². The Morgan fingerprint density at radius 1 is 1.22 bits per heavy atom. The minimum absolute atomic E-state index is 0.0266. The van der Waals surface area contributed by atoms with Gasteiger partial charge in [-0.05, 0) is 24.3 Å². The van der Waals surface area contributed by atoms with Crippen LogP contribution in [0.3, 0.4) is 0 Å². The van der Waals surface area contributed by atoms with E-state index >= 15 is 0 Å². The highest BCUT2D eigenvalue weighted by Gasteiger charge is 2.72. The van der Waals surface area contributed by atoms with Crippen molar-refractivity contribution >= 4 is 18.0 Å². The maximum absolute atomic E-state index is 12.0. The summed E-state index contributed by atoms with van der Waals surface area (Å²) in [6.07, 6.45) is -0.137. The molecule has 0 aliphatic heterocycles. The maximum Gasteiger partial charge on any atom is 0.408 e. The third-order valence-electron chi connectivity index (χ3n) is 4.81. The number of rotatable bonds is 5. The van der Waals surface area contributed by atoms with E-state index in [9.17, 15) is 19.5 Å². The first kappa shape index (κ1) is 15.3. The van der Waals surface area contributed by atoms with Crippen LogP contribution >= 0.6 is 0 Å². The fourth-order valence-corrected chi connectivity index (χ4v) is 3.69. The van der Waals surface area contributed by atoms with Crippen LogP contribution in [0.5, 0.6) is 0 Å². The van der Waals surface area contributed by atoms with E-state index in [0.29, 0.717) is 6.42 Å². The molecule has 2 aliphatic rings. The maximum atomic E-state index is 12.0. The molecule has 3 rings (SSSR count). The van der Waals surface area contributed by atoms with Gasteiger partial charge in [0.1, 0.15) is 12.1 Å². The number of benzene rings is 1. The first-order chi connectivity index (χ1) is 11.0. The Balaban J connectivity index is 1.65. The molecule has 2 aliphatic carbocycles. The quantitative estimate of drug-likeness (QED) is 0.757. The summed E-state index contributed by atoms with van der Waals surface area (Å²) in [5, 5.41) is 21.1. The van der Waals surface area contributed by atoms with Crippen molar-refractivity contribution in [2.45, 2.75) is 25.0 Å². The van der Waals surface area contributed by atoms with E-state index in [1.165, 1.54) is 0 Å². The minimum atomic E-state index is -1.54. The Bertz CT molecular complexity index is 645. The fourth-order valence-electron chi connectivity index (χ4n) is 3.69. The Morgan fingerprint density at radius 3 is 2.48 bits per heavy atom. The Morgan fingerprint density at radius 2 is 1.91 bits per heavy atom. The molecule has 1 amide bonds. The van der Waals surface area contributed by atoms with Gasteiger partial charge in [-0.25, -0.2) is 9.59 Å². The van der Waals surface area contributed by atoms with Crippen molar-refractivity contribution in [1.29, 1.82) is 0 Å². The first-order valence-corrected chi connectivity index (χ1v) is 7.41. The highest BCUT2D eigenvalue weighted by atomic mass is 16.5. The van der Waals surface area contributed by atoms with Crippen LogP contribution in [0.25, 0.3) is 0 Å². The molecule has 2 saturated carbocycles. The number of carboxylic acid groups (broad SMARTS) is 2. The van der Waals surface area contributed by atoms with Gasteiger partial charge in [0.15, 0.2) is 0 Å². The Labute approximate surface area is 132 Å². The zero-order valence-electron chi connectivity index (χ0n) is 12.3. The average Bonchev–Trinajstić information content (AvgIpc) is 3.15. The van der Waals surface area contributed by atoms with E-state index in [1.54, 1.807) is 24.3 Å². The monoisotopic (exact) mass is 319 g/mol. The minimum Gasteiger partial charge on any atom is -0.481 e. The zero-order chi connectivity index (χ0) is 16.6. The number of nitrogens with one attached hydrogen (secondary N) is 1. The van der Waals surface area contributed by atoms with E-state index < -0.39 is 35.4 Å². The molecule has 0 aromatic heterocycles. The number of aliphatic carboxylic acids is 2. The van der Waals surface area contributed by atoms with Crippen molar-refractivity contribution in [3.63, 3.8) is 0 Å². The number of alkyl carbamates (subject to hydrolysis) is 1. The van der Waals surface area contributed by atoms with E-state index in [-0.39, 0.29) is 18.9 Å². The van der Waals surface area contributed by atoms with Crippen molar-refractivity contribution in [1.82, 2.24) is 5.32 Å². The van der Waals surface area contributed by atoms with Crippen molar-refractivity contribution in [2.75, 3.05) is 0 Å². The lowest BCUT2D eigenvalue weighted by Crippen LogP contribution is -2.56. The molecule has 0 spiro atoms. The van der Waals surface area contributed by atoms with Gasteiger partial charge in [0, 0.05) is 5.92 Å². The topological polar surface area (TPSA) is 113 Å². The number of hydrogen-bond acceptors (Lipinski definition) is 4. The summed E-state index contributed by atoms with van der Waals surface area (Å²) >= 11 is 0. The van der Waals surface area contributed by atoms with E-state index in [0.717, 1.165) is 5.56 Å². The standard InChI is InChI=1S/C16H17NO6/c18-13(19)11-10-6-7-16(12(10)11,14(20)21)17-15(22)23-8-9-4-2-1-3-5-9/h1-5,10-12H,6-8H2,(H,17,22)(H,18,19)(H,20,21)/t10-,11-,12-,16-/m0/s1. The van der Waals surface area contributed by atoms with Crippen LogP contribution in [0.2, 0.25) is 0 Å². The van der Waals surface area contributed by atoms with Crippen molar-refractivity contribution in [2.24, 2.45) is 17.8 Å². The number of ether oxygens (including phenoxy) is 1. The van der Waals surface area contributed by atoms with Gasteiger partial charge in [0.25, 0.3) is 0 Å². The second kappa shape index (κ2) is 5.57. The molecule has 0 radical (unpaired) electrons. The summed E-state index contributed by atoms with van der Waals surface area (Å²) < 4.78 is 5.07. The molecule has 4 atom stereocenters. The molecule has 1 aromatic carbocycles. The lowest BCUT2D eigenvalue weighted by atomic mass is 9.90. The molecule has 3 N–H and O–H groups in total. The average molecular weight is 319 g/mol. The van der Waals surface area contributed by atoms with Gasteiger partial charge < -0.3 is 20.3 Å².